The maximum atomic E-state index is 12.8. The fraction of sp³-hybridized carbons (Fsp3) is 0.640. The summed E-state index contributed by atoms with van der Waals surface area (Å²) in [5.41, 5.74) is 3.16. The summed E-state index contributed by atoms with van der Waals surface area (Å²) in [6, 6.07) is 10.6. The van der Waals surface area contributed by atoms with E-state index in [0.29, 0.717) is 5.92 Å². The summed E-state index contributed by atoms with van der Waals surface area (Å²) in [7, 11) is 0. The van der Waals surface area contributed by atoms with Crippen molar-refractivity contribution in [1.29, 1.82) is 0 Å². The van der Waals surface area contributed by atoms with Gasteiger partial charge in [0.05, 0.1) is 5.92 Å². The van der Waals surface area contributed by atoms with E-state index in [0.717, 1.165) is 39.1 Å². The van der Waals surface area contributed by atoms with Crippen molar-refractivity contribution in [3.63, 3.8) is 0 Å². The fourth-order valence-electron chi connectivity index (χ4n) is 6.36. The number of nitrogens with zero attached hydrogens (tertiary/aromatic N) is 2. The van der Waals surface area contributed by atoms with Crippen LogP contribution in [0.5, 0.6) is 0 Å². The lowest BCUT2D eigenvalue weighted by molar-refractivity contribution is -0.145. The SMILES string of the molecule is C[C@@H]1CCC[C@]2(C)C[C@H]3OC(=O)[C@@H](CN4CCN(c5ccccc5)CC4)[C@H]3C=C12. The molecule has 4 nitrogen and oxygen atoms in total. The number of hydrogen-bond acceptors (Lipinski definition) is 4. The van der Waals surface area contributed by atoms with Gasteiger partial charge in [-0.1, -0.05) is 50.1 Å². The molecule has 0 unspecified atom stereocenters. The van der Waals surface area contributed by atoms with Crippen LogP contribution in [0.15, 0.2) is 42.0 Å². The standard InChI is InChI=1S/C25H34N2O2/c1-18-7-6-10-25(2)16-23-20(15-22(18)25)21(24(28)29-23)17-26-11-13-27(14-12-26)19-8-4-3-5-9-19/h3-5,8-9,15,18,20-21,23H,6-7,10-14,16-17H2,1-2H3/t18-,20-,21+,23-,25-/m1/s1. The molecule has 0 aromatic heterocycles. The highest BCUT2D eigenvalue weighted by atomic mass is 16.6. The van der Waals surface area contributed by atoms with E-state index in [-0.39, 0.29) is 29.3 Å². The molecule has 0 amide bonds. The van der Waals surface area contributed by atoms with Crippen LogP contribution in [0.25, 0.3) is 0 Å². The first-order valence-corrected chi connectivity index (χ1v) is 11.5. The van der Waals surface area contributed by atoms with Crippen molar-refractivity contribution in [3.8, 4) is 0 Å². The molecule has 3 fully saturated rings. The predicted molar refractivity (Wildman–Crippen MR) is 116 cm³/mol. The summed E-state index contributed by atoms with van der Waals surface area (Å²) < 4.78 is 5.94. The molecule has 2 aliphatic heterocycles. The van der Waals surface area contributed by atoms with Gasteiger partial charge in [-0.2, -0.15) is 0 Å². The molecular weight excluding hydrogens is 360 g/mol. The minimum atomic E-state index is 0.00875. The van der Waals surface area contributed by atoms with Gasteiger partial charge in [-0.3, -0.25) is 9.69 Å². The van der Waals surface area contributed by atoms with Gasteiger partial charge < -0.3 is 9.64 Å². The highest BCUT2D eigenvalue weighted by molar-refractivity contribution is 5.76. The summed E-state index contributed by atoms with van der Waals surface area (Å²) in [6.07, 6.45) is 7.44. The van der Waals surface area contributed by atoms with E-state index in [1.807, 2.05) is 0 Å². The second-order valence-electron chi connectivity index (χ2n) is 9.96. The Bertz CT molecular complexity index is 783. The second-order valence-corrected chi connectivity index (χ2v) is 9.96. The summed E-state index contributed by atoms with van der Waals surface area (Å²) >= 11 is 0. The van der Waals surface area contributed by atoms with Gasteiger partial charge in [0.2, 0.25) is 0 Å². The quantitative estimate of drug-likeness (QED) is 0.570. The van der Waals surface area contributed by atoms with Crippen molar-refractivity contribution < 1.29 is 9.53 Å². The number of para-hydroxylation sites is 1. The molecule has 1 saturated carbocycles. The molecule has 5 rings (SSSR count). The Labute approximate surface area is 174 Å². The van der Waals surface area contributed by atoms with E-state index in [1.54, 1.807) is 5.57 Å². The fourth-order valence-corrected chi connectivity index (χ4v) is 6.36. The minimum absolute atomic E-state index is 0.00875. The van der Waals surface area contributed by atoms with Gasteiger partial charge in [0, 0.05) is 44.3 Å². The molecule has 1 aromatic rings. The number of piperazine rings is 1. The van der Waals surface area contributed by atoms with Crippen molar-refractivity contribution in [1.82, 2.24) is 4.90 Å². The van der Waals surface area contributed by atoms with Gasteiger partial charge in [0.1, 0.15) is 6.10 Å². The molecule has 0 N–H and O–H groups in total. The maximum absolute atomic E-state index is 12.8. The highest BCUT2D eigenvalue weighted by Crippen LogP contribution is 2.54. The zero-order chi connectivity index (χ0) is 20.0. The van der Waals surface area contributed by atoms with Crippen LogP contribution in [0.2, 0.25) is 0 Å². The summed E-state index contributed by atoms with van der Waals surface area (Å²) in [5.74, 6) is 0.977. The van der Waals surface area contributed by atoms with Gasteiger partial charge in [-0.15, -0.1) is 0 Å². The third kappa shape index (κ3) is 3.50. The summed E-state index contributed by atoms with van der Waals surface area (Å²) in [5, 5.41) is 0. The summed E-state index contributed by atoms with van der Waals surface area (Å²) in [4.78, 5) is 17.7. The molecule has 1 aromatic carbocycles. The third-order valence-corrected chi connectivity index (χ3v) is 8.03. The van der Waals surface area contributed by atoms with Crippen LogP contribution in [0.1, 0.15) is 39.5 Å². The Morgan fingerprint density at radius 1 is 1.14 bits per heavy atom. The van der Waals surface area contributed by atoms with Gasteiger partial charge in [-0.25, -0.2) is 0 Å². The number of carbonyl (C=O) groups is 1. The molecule has 156 valence electrons. The van der Waals surface area contributed by atoms with E-state index in [2.05, 4.69) is 60.1 Å². The zero-order valence-corrected chi connectivity index (χ0v) is 17.8. The van der Waals surface area contributed by atoms with Crippen molar-refractivity contribution in [3.05, 3.63) is 42.0 Å². The number of carbonyl (C=O) groups excluding carboxylic acids is 1. The number of anilines is 1. The van der Waals surface area contributed by atoms with Gasteiger partial charge in [0.15, 0.2) is 0 Å². The first-order valence-electron chi connectivity index (χ1n) is 11.5. The maximum Gasteiger partial charge on any atom is 0.311 e. The minimum Gasteiger partial charge on any atom is -0.461 e. The lowest BCUT2D eigenvalue weighted by atomic mass is 9.59. The number of esters is 1. The largest absolute Gasteiger partial charge is 0.461 e. The van der Waals surface area contributed by atoms with E-state index in [1.165, 1.54) is 24.9 Å². The van der Waals surface area contributed by atoms with Crippen LogP contribution in [-0.2, 0) is 9.53 Å². The number of fused-ring (bicyclic) bond motifs is 2. The molecular formula is C25H34N2O2. The Balaban J connectivity index is 1.27. The molecule has 0 radical (unpaired) electrons. The predicted octanol–water partition coefficient (Wildman–Crippen LogP) is 4.12. The van der Waals surface area contributed by atoms with E-state index in [9.17, 15) is 4.79 Å². The zero-order valence-electron chi connectivity index (χ0n) is 17.8. The number of hydrogen-bond donors (Lipinski definition) is 0. The summed E-state index contributed by atoms with van der Waals surface area (Å²) in [6.45, 7) is 9.69. The van der Waals surface area contributed by atoms with Gasteiger partial charge >= 0.3 is 5.97 Å². The lowest BCUT2D eigenvalue weighted by Crippen LogP contribution is -2.49. The number of benzene rings is 1. The van der Waals surface area contributed by atoms with Crippen LogP contribution < -0.4 is 4.90 Å². The number of rotatable bonds is 3. The second kappa shape index (κ2) is 7.46. The third-order valence-electron chi connectivity index (χ3n) is 8.03. The van der Waals surface area contributed by atoms with Gasteiger partial charge in [-0.05, 0) is 42.7 Å². The molecule has 0 bridgehead atoms. The van der Waals surface area contributed by atoms with Crippen molar-refractivity contribution in [2.75, 3.05) is 37.6 Å². The molecule has 29 heavy (non-hydrogen) atoms. The highest BCUT2D eigenvalue weighted by Gasteiger charge is 2.52. The van der Waals surface area contributed by atoms with E-state index < -0.39 is 0 Å². The van der Waals surface area contributed by atoms with E-state index >= 15 is 0 Å². The molecule has 4 heteroatoms. The van der Waals surface area contributed by atoms with Crippen molar-refractivity contribution >= 4 is 11.7 Å². The Morgan fingerprint density at radius 3 is 2.66 bits per heavy atom. The average molecular weight is 395 g/mol. The first kappa shape index (κ1) is 19.2. The Morgan fingerprint density at radius 2 is 1.90 bits per heavy atom. The molecule has 2 aliphatic carbocycles. The van der Waals surface area contributed by atoms with E-state index in [4.69, 9.17) is 4.74 Å². The monoisotopic (exact) mass is 394 g/mol. The van der Waals surface area contributed by atoms with Crippen LogP contribution in [0, 0.1) is 23.2 Å². The van der Waals surface area contributed by atoms with Crippen molar-refractivity contribution in [2.24, 2.45) is 23.2 Å². The topological polar surface area (TPSA) is 32.8 Å². The Kier molecular flexibility index (Phi) is 4.93. The van der Waals surface area contributed by atoms with Crippen molar-refractivity contribution in [2.45, 2.75) is 45.6 Å². The van der Waals surface area contributed by atoms with Crippen LogP contribution in [0.3, 0.4) is 0 Å². The van der Waals surface area contributed by atoms with Gasteiger partial charge in [0.25, 0.3) is 0 Å². The number of allylic oxidation sites excluding steroid dienone is 1. The molecule has 5 atom stereocenters. The lowest BCUT2D eigenvalue weighted by Gasteiger charge is -2.46. The molecule has 0 spiro atoms. The molecule has 2 saturated heterocycles. The molecule has 4 aliphatic rings. The Hall–Kier alpha value is -1.81. The normalized spacial score (nSPS) is 37.5. The smallest absolute Gasteiger partial charge is 0.311 e. The van der Waals surface area contributed by atoms with Crippen LogP contribution in [-0.4, -0.2) is 49.7 Å². The van der Waals surface area contributed by atoms with Crippen LogP contribution >= 0.6 is 0 Å². The van der Waals surface area contributed by atoms with Crippen LogP contribution in [0.4, 0.5) is 5.69 Å². The molecule has 2 heterocycles. The first-order chi connectivity index (χ1) is 14.0. The number of ether oxygens (including phenoxy) is 1. The average Bonchev–Trinajstić information content (AvgIpc) is 3.01.